The van der Waals surface area contributed by atoms with Crippen molar-refractivity contribution in [1.29, 1.82) is 5.26 Å². The molecular weight excluding hydrogens is 206 g/mol. The first-order chi connectivity index (χ1) is 7.28. The topological polar surface area (TPSA) is 40.9 Å². The van der Waals surface area contributed by atoms with Gasteiger partial charge in [-0.3, -0.25) is 4.21 Å². The maximum Gasteiger partial charge on any atom is 0.137 e. The molecule has 0 aromatic heterocycles. The Hall–Kier alpha value is -1.14. The first kappa shape index (κ1) is 10.4. The molecule has 0 aliphatic heterocycles. The Bertz CT molecular complexity index is 401. The van der Waals surface area contributed by atoms with Crippen molar-refractivity contribution in [3.63, 3.8) is 0 Å². The third-order valence-corrected chi connectivity index (χ3v) is 4.84. The fourth-order valence-corrected chi connectivity index (χ4v) is 3.65. The lowest BCUT2D eigenvalue weighted by Crippen LogP contribution is -2.28. The van der Waals surface area contributed by atoms with Crippen LogP contribution in [0.1, 0.15) is 25.7 Å². The molecule has 2 rings (SSSR count). The summed E-state index contributed by atoms with van der Waals surface area (Å²) in [5, 5.41) is 9.21. The predicted octanol–water partition coefficient (Wildman–Crippen LogP) is 2.63. The van der Waals surface area contributed by atoms with Gasteiger partial charge in [0, 0.05) is 4.90 Å². The van der Waals surface area contributed by atoms with Crippen LogP contribution in [0.15, 0.2) is 35.2 Å². The van der Waals surface area contributed by atoms with Gasteiger partial charge in [0.2, 0.25) is 0 Å². The van der Waals surface area contributed by atoms with Crippen LogP contribution in [-0.4, -0.2) is 8.96 Å². The van der Waals surface area contributed by atoms with Crippen molar-refractivity contribution in [2.45, 2.75) is 35.3 Å². The Morgan fingerprint density at radius 1 is 1.20 bits per heavy atom. The zero-order valence-corrected chi connectivity index (χ0v) is 9.30. The van der Waals surface area contributed by atoms with Crippen molar-refractivity contribution in [3.05, 3.63) is 30.3 Å². The molecule has 0 amide bonds. The van der Waals surface area contributed by atoms with E-state index >= 15 is 0 Å². The number of nitrogens with zero attached hydrogens (tertiary/aromatic N) is 1. The first-order valence-electron chi connectivity index (χ1n) is 5.17. The van der Waals surface area contributed by atoms with Gasteiger partial charge in [-0.05, 0) is 25.0 Å². The number of hydrogen-bond acceptors (Lipinski definition) is 2. The van der Waals surface area contributed by atoms with E-state index in [4.69, 9.17) is 0 Å². The van der Waals surface area contributed by atoms with Gasteiger partial charge in [-0.1, -0.05) is 31.0 Å². The monoisotopic (exact) mass is 219 g/mol. The molecule has 1 aromatic carbocycles. The maximum absolute atomic E-state index is 12.3. The zero-order valence-electron chi connectivity index (χ0n) is 8.48. The summed E-state index contributed by atoms with van der Waals surface area (Å²) in [5.74, 6) is 0. The van der Waals surface area contributed by atoms with Gasteiger partial charge in [-0.25, -0.2) is 0 Å². The van der Waals surface area contributed by atoms with Gasteiger partial charge >= 0.3 is 0 Å². The van der Waals surface area contributed by atoms with Gasteiger partial charge < -0.3 is 0 Å². The van der Waals surface area contributed by atoms with Crippen molar-refractivity contribution in [2.24, 2.45) is 0 Å². The zero-order chi connectivity index (χ0) is 10.7. The minimum absolute atomic E-state index is 0.624. The molecule has 0 radical (unpaired) electrons. The molecule has 78 valence electrons. The van der Waals surface area contributed by atoms with Crippen molar-refractivity contribution >= 4 is 10.8 Å². The molecule has 0 spiro atoms. The van der Waals surface area contributed by atoms with Gasteiger partial charge in [-0.15, -0.1) is 0 Å². The Morgan fingerprint density at radius 3 is 2.33 bits per heavy atom. The smallest absolute Gasteiger partial charge is 0.137 e. The van der Waals surface area contributed by atoms with Crippen LogP contribution in [0.25, 0.3) is 0 Å². The van der Waals surface area contributed by atoms with Crippen LogP contribution in [0, 0.1) is 11.3 Å². The highest BCUT2D eigenvalue weighted by Crippen LogP contribution is 2.37. The predicted molar refractivity (Wildman–Crippen MR) is 59.7 cm³/mol. The summed E-state index contributed by atoms with van der Waals surface area (Å²) < 4.78 is 11.7. The second-order valence-corrected chi connectivity index (χ2v) is 5.69. The summed E-state index contributed by atoms with van der Waals surface area (Å²) in [5.41, 5.74) is 0. The van der Waals surface area contributed by atoms with Gasteiger partial charge in [-0.2, -0.15) is 5.26 Å². The summed E-state index contributed by atoms with van der Waals surface area (Å²) in [7, 11) is -1.18. The first-order valence-corrected chi connectivity index (χ1v) is 6.32. The second-order valence-electron chi connectivity index (χ2n) is 3.89. The quantitative estimate of drug-likeness (QED) is 0.767. The molecule has 0 heterocycles. The van der Waals surface area contributed by atoms with Crippen molar-refractivity contribution in [1.82, 2.24) is 0 Å². The fraction of sp³-hybridized carbons (Fsp3) is 0.417. The third kappa shape index (κ3) is 1.82. The molecule has 1 aliphatic carbocycles. The molecule has 3 heteroatoms. The molecule has 15 heavy (non-hydrogen) atoms. The van der Waals surface area contributed by atoms with E-state index in [9.17, 15) is 9.47 Å². The highest BCUT2D eigenvalue weighted by atomic mass is 32.2. The van der Waals surface area contributed by atoms with Gasteiger partial charge in [0.15, 0.2) is 0 Å². The molecular formula is C12H13NOS. The molecule has 1 atom stereocenters. The van der Waals surface area contributed by atoms with Crippen molar-refractivity contribution in [2.75, 3.05) is 0 Å². The van der Waals surface area contributed by atoms with Crippen molar-refractivity contribution in [3.8, 4) is 6.07 Å². The normalized spacial score (nSPS) is 20.7. The average molecular weight is 219 g/mol. The lowest BCUT2D eigenvalue weighted by atomic mass is 10.1. The van der Waals surface area contributed by atoms with Gasteiger partial charge in [0.25, 0.3) is 0 Å². The van der Waals surface area contributed by atoms with E-state index in [0.29, 0.717) is 0 Å². The molecule has 0 bridgehead atoms. The maximum atomic E-state index is 12.3. The summed E-state index contributed by atoms with van der Waals surface area (Å²) in [6, 6.07) is 11.6. The Kier molecular flexibility index (Phi) is 2.88. The lowest BCUT2D eigenvalue weighted by Gasteiger charge is -2.19. The van der Waals surface area contributed by atoms with E-state index in [2.05, 4.69) is 6.07 Å². The molecule has 0 N–H and O–H groups in total. The highest BCUT2D eigenvalue weighted by Gasteiger charge is 2.40. The Balaban J connectivity index is 2.32. The second kappa shape index (κ2) is 4.16. The minimum atomic E-state index is -1.18. The van der Waals surface area contributed by atoms with E-state index in [1.807, 2.05) is 30.3 Å². The Labute approximate surface area is 92.4 Å². The van der Waals surface area contributed by atoms with Crippen LogP contribution in [0.4, 0.5) is 0 Å². The number of rotatable bonds is 2. The molecule has 0 saturated heterocycles. The van der Waals surface area contributed by atoms with Gasteiger partial charge in [0.1, 0.15) is 4.75 Å². The van der Waals surface area contributed by atoms with E-state index in [1.54, 1.807) is 0 Å². The SMILES string of the molecule is N#CC1([S@@](=O)c2ccccc2)CCCC1. The Morgan fingerprint density at radius 2 is 1.80 bits per heavy atom. The standard InChI is InChI=1S/C12H13NOS/c13-10-12(8-4-5-9-12)15(14)11-6-2-1-3-7-11/h1-3,6-7H,4-5,8-9H2/t15-/m0/s1. The molecule has 1 aliphatic rings. The summed E-state index contributed by atoms with van der Waals surface area (Å²) in [4.78, 5) is 0.779. The number of nitriles is 1. The van der Waals surface area contributed by atoms with Crippen LogP contribution >= 0.6 is 0 Å². The third-order valence-electron chi connectivity index (χ3n) is 2.93. The lowest BCUT2D eigenvalue weighted by molar-refractivity contribution is 0.643. The largest absolute Gasteiger partial charge is 0.253 e. The fourth-order valence-electron chi connectivity index (χ4n) is 2.05. The summed E-state index contributed by atoms with van der Waals surface area (Å²) in [6.07, 6.45) is 3.58. The van der Waals surface area contributed by atoms with Crippen LogP contribution in [0.5, 0.6) is 0 Å². The molecule has 2 nitrogen and oxygen atoms in total. The van der Waals surface area contributed by atoms with Crippen LogP contribution < -0.4 is 0 Å². The number of benzene rings is 1. The molecule has 1 saturated carbocycles. The summed E-state index contributed by atoms with van der Waals surface area (Å²) >= 11 is 0. The highest BCUT2D eigenvalue weighted by molar-refractivity contribution is 7.86. The van der Waals surface area contributed by atoms with Crippen LogP contribution in [0.3, 0.4) is 0 Å². The van der Waals surface area contributed by atoms with E-state index in [-0.39, 0.29) is 0 Å². The summed E-state index contributed by atoms with van der Waals surface area (Å²) in [6.45, 7) is 0. The number of hydrogen-bond donors (Lipinski definition) is 0. The molecule has 1 fully saturated rings. The minimum Gasteiger partial charge on any atom is -0.253 e. The van der Waals surface area contributed by atoms with E-state index in [0.717, 1.165) is 30.6 Å². The van der Waals surface area contributed by atoms with E-state index in [1.165, 1.54) is 0 Å². The molecule has 1 aromatic rings. The van der Waals surface area contributed by atoms with Crippen molar-refractivity contribution < 1.29 is 4.21 Å². The molecule has 0 unspecified atom stereocenters. The van der Waals surface area contributed by atoms with Crippen LogP contribution in [0.2, 0.25) is 0 Å². The van der Waals surface area contributed by atoms with E-state index < -0.39 is 15.5 Å². The van der Waals surface area contributed by atoms with Crippen LogP contribution in [-0.2, 0) is 10.8 Å². The average Bonchev–Trinajstić information content (AvgIpc) is 2.79. The van der Waals surface area contributed by atoms with Gasteiger partial charge in [0.05, 0.1) is 16.9 Å².